The van der Waals surface area contributed by atoms with Gasteiger partial charge in [-0.3, -0.25) is 0 Å². The van der Waals surface area contributed by atoms with E-state index in [0.29, 0.717) is 5.11 Å². The molecular formula is C10H13BrN3S+. The van der Waals surface area contributed by atoms with Gasteiger partial charge in [-0.25, -0.2) is 0 Å². The molecule has 0 amide bonds. The number of hydrazone groups is 1. The number of halogens is 1. The van der Waals surface area contributed by atoms with E-state index in [1.807, 2.05) is 37.4 Å². The lowest BCUT2D eigenvalue weighted by Gasteiger charge is -1.98. The second-order valence-corrected chi connectivity index (χ2v) is 4.15. The number of rotatable bonds is 3. The Morgan fingerprint density at radius 1 is 1.47 bits per heavy atom. The van der Waals surface area contributed by atoms with E-state index in [1.54, 1.807) is 0 Å². The van der Waals surface area contributed by atoms with Gasteiger partial charge < -0.3 is 5.32 Å². The van der Waals surface area contributed by atoms with Crippen molar-refractivity contribution in [3.63, 3.8) is 0 Å². The largest absolute Gasteiger partial charge is 0.359 e. The van der Waals surface area contributed by atoms with Crippen molar-refractivity contribution in [3.05, 3.63) is 34.3 Å². The number of hydrogen-bond acceptors (Lipinski definition) is 1. The SMILES string of the molecule is CCNC(=S)N[NH+]=Cc1ccc(Br)cc1. The van der Waals surface area contributed by atoms with E-state index >= 15 is 0 Å². The molecular weight excluding hydrogens is 274 g/mol. The monoisotopic (exact) mass is 286 g/mol. The summed E-state index contributed by atoms with van der Waals surface area (Å²) in [5, 5.41) is 6.47. The predicted octanol–water partition coefficient (Wildman–Crippen LogP) is 0.348. The molecule has 80 valence electrons. The molecule has 0 heterocycles. The molecule has 0 aromatic heterocycles. The van der Waals surface area contributed by atoms with E-state index in [0.717, 1.165) is 16.6 Å². The van der Waals surface area contributed by atoms with E-state index < -0.39 is 0 Å². The first-order chi connectivity index (χ1) is 7.22. The molecule has 5 heteroatoms. The van der Waals surface area contributed by atoms with Gasteiger partial charge in [0.1, 0.15) is 0 Å². The molecule has 0 fully saturated rings. The molecule has 0 aliphatic heterocycles. The van der Waals surface area contributed by atoms with Crippen molar-refractivity contribution < 1.29 is 5.10 Å². The average Bonchev–Trinajstić information content (AvgIpc) is 2.21. The molecule has 0 saturated carbocycles. The molecule has 1 aromatic carbocycles. The molecule has 0 spiro atoms. The Hall–Kier alpha value is -0.940. The van der Waals surface area contributed by atoms with Gasteiger partial charge in [0, 0.05) is 16.6 Å². The third-order valence-electron chi connectivity index (χ3n) is 1.63. The van der Waals surface area contributed by atoms with Gasteiger partial charge in [0.05, 0.1) is 0 Å². The highest BCUT2D eigenvalue weighted by Crippen LogP contribution is 2.08. The number of hydrogen-bond donors (Lipinski definition) is 3. The van der Waals surface area contributed by atoms with Gasteiger partial charge in [0.2, 0.25) is 5.11 Å². The molecule has 0 radical (unpaired) electrons. The second kappa shape index (κ2) is 6.53. The Morgan fingerprint density at radius 3 is 2.73 bits per heavy atom. The van der Waals surface area contributed by atoms with Crippen LogP contribution in [0.1, 0.15) is 12.5 Å². The highest BCUT2D eigenvalue weighted by atomic mass is 79.9. The third kappa shape index (κ3) is 4.90. The van der Waals surface area contributed by atoms with Crippen molar-refractivity contribution in [2.45, 2.75) is 6.92 Å². The van der Waals surface area contributed by atoms with Crippen molar-refractivity contribution in [1.82, 2.24) is 10.7 Å². The van der Waals surface area contributed by atoms with Crippen LogP contribution in [0.25, 0.3) is 0 Å². The third-order valence-corrected chi connectivity index (χ3v) is 2.41. The summed E-state index contributed by atoms with van der Waals surface area (Å²) in [5.41, 5.74) is 3.92. The van der Waals surface area contributed by atoms with E-state index in [-0.39, 0.29) is 0 Å². The number of nitrogens with one attached hydrogen (secondary N) is 3. The molecule has 0 atom stereocenters. The Balaban J connectivity index is 2.44. The van der Waals surface area contributed by atoms with Crippen LogP contribution in [0, 0.1) is 0 Å². The molecule has 3 nitrogen and oxygen atoms in total. The van der Waals surface area contributed by atoms with Crippen molar-refractivity contribution in [2.75, 3.05) is 6.54 Å². The van der Waals surface area contributed by atoms with Crippen LogP contribution in [0.15, 0.2) is 28.7 Å². The standard InChI is InChI=1S/C10H12BrN3S/c1-2-12-10(15)14-13-7-8-3-5-9(11)6-4-8/h3-7H,2H2,1H3,(H2,12,14,15)/p+1. The van der Waals surface area contributed by atoms with Crippen LogP contribution in [-0.4, -0.2) is 17.9 Å². The van der Waals surface area contributed by atoms with E-state index in [4.69, 9.17) is 12.2 Å². The lowest BCUT2D eigenvalue weighted by Crippen LogP contribution is -2.82. The Morgan fingerprint density at radius 2 is 2.13 bits per heavy atom. The van der Waals surface area contributed by atoms with Gasteiger partial charge in [0.15, 0.2) is 6.21 Å². The van der Waals surface area contributed by atoms with Gasteiger partial charge in [0.25, 0.3) is 0 Å². The van der Waals surface area contributed by atoms with Crippen LogP contribution in [0.5, 0.6) is 0 Å². The number of thiocarbonyl (C=S) groups is 1. The van der Waals surface area contributed by atoms with Crippen LogP contribution in [0.4, 0.5) is 0 Å². The van der Waals surface area contributed by atoms with E-state index in [2.05, 4.69) is 31.8 Å². The van der Waals surface area contributed by atoms with Crippen LogP contribution in [0.3, 0.4) is 0 Å². The maximum atomic E-state index is 4.98. The minimum Gasteiger partial charge on any atom is -0.359 e. The zero-order chi connectivity index (χ0) is 11.1. The summed E-state index contributed by atoms with van der Waals surface area (Å²) in [4.78, 5) is 0. The first-order valence-corrected chi connectivity index (χ1v) is 5.80. The minimum absolute atomic E-state index is 0.589. The highest BCUT2D eigenvalue weighted by Gasteiger charge is 1.94. The quantitative estimate of drug-likeness (QED) is 0.427. The lowest BCUT2D eigenvalue weighted by molar-refractivity contribution is -0.500. The topological polar surface area (TPSA) is 38.0 Å². The van der Waals surface area contributed by atoms with Gasteiger partial charge >= 0.3 is 0 Å². The van der Waals surface area contributed by atoms with Crippen LogP contribution in [-0.2, 0) is 0 Å². The maximum absolute atomic E-state index is 4.98. The first kappa shape index (κ1) is 12.1. The predicted molar refractivity (Wildman–Crippen MR) is 69.7 cm³/mol. The molecule has 0 aliphatic rings. The summed E-state index contributed by atoms with van der Waals surface area (Å²) in [7, 11) is 0. The molecule has 1 aromatic rings. The van der Waals surface area contributed by atoms with Crippen LogP contribution < -0.4 is 15.8 Å². The second-order valence-electron chi connectivity index (χ2n) is 2.82. The van der Waals surface area contributed by atoms with E-state index in [9.17, 15) is 0 Å². The molecule has 15 heavy (non-hydrogen) atoms. The van der Waals surface area contributed by atoms with Crippen molar-refractivity contribution in [2.24, 2.45) is 0 Å². The number of hydrazine groups is 1. The highest BCUT2D eigenvalue weighted by molar-refractivity contribution is 9.10. The lowest BCUT2D eigenvalue weighted by atomic mass is 10.2. The smallest absolute Gasteiger partial charge is 0.223 e. The summed E-state index contributed by atoms with van der Waals surface area (Å²) >= 11 is 8.35. The van der Waals surface area contributed by atoms with E-state index in [1.165, 1.54) is 0 Å². The number of benzene rings is 1. The van der Waals surface area contributed by atoms with Gasteiger partial charge in [-0.05, 0) is 43.4 Å². The Bertz CT molecular complexity index is 348. The van der Waals surface area contributed by atoms with Crippen molar-refractivity contribution in [1.29, 1.82) is 0 Å². The first-order valence-electron chi connectivity index (χ1n) is 4.60. The fraction of sp³-hybridized carbons (Fsp3) is 0.200. The molecule has 0 saturated heterocycles. The van der Waals surface area contributed by atoms with Crippen molar-refractivity contribution in [3.8, 4) is 0 Å². The summed E-state index contributed by atoms with van der Waals surface area (Å²) in [5.74, 6) is 0. The summed E-state index contributed by atoms with van der Waals surface area (Å²) in [6, 6.07) is 7.95. The maximum Gasteiger partial charge on any atom is 0.223 e. The fourth-order valence-corrected chi connectivity index (χ4v) is 1.42. The van der Waals surface area contributed by atoms with Crippen LogP contribution in [0.2, 0.25) is 0 Å². The van der Waals surface area contributed by atoms with Gasteiger partial charge in [-0.15, -0.1) is 10.5 Å². The molecule has 0 unspecified atom stereocenters. The zero-order valence-electron chi connectivity index (χ0n) is 8.38. The zero-order valence-corrected chi connectivity index (χ0v) is 10.8. The molecule has 3 N–H and O–H groups in total. The van der Waals surface area contributed by atoms with Gasteiger partial charge in [-0.1, -0.05) is 15.9 Å². The molecule has 0 aliphatic carbocycles. The average molecular weight is 287 g/mol. The minimum atomic E-state index is 0.589. The normalized spacial score (nSPS) is 10.3. The van der Waals surface area contributed by atoms with Crippen molar-refractivity contribution >= 4 is 39.5 Å². The fourth-order valence-electron chi connectivity index (χ4n) is 0.949. The Labute approximate surface area is 103 Å². The molecule has 1 rings (SSSR count). The Kier molecular flexibility index (Phi) is 5.28. The summed E-state index contributed by atoms with van der Waals surface area (Å²) in [6.07, 6.45) is 1.84. The molecule has 0 bridgehead atoms. The van der Waals surface area contributed by atoms with Gasteiger partial charge in [-0.2, -0.15) is 0 Å². The summed E-state index contributed by atoms with van der Waals surface area (Å²) in [6.45, 7) is 2.80. The van der Waals surface area contributed by atoms with Crippen LogP contribution >= 0.6 is 28.1 Å². The summed E-state index contributed by atoms with van der Waals surface area (Å²) < 4.78 is 1.07.